The van der Waals surface area contributed by atoms with Gasteiger partial charge in [0.1, 0.15) is 0 Å². The molecule has 0 spiro atoms. The molecule has 170 valence electrons. The van der Waals surface area contributed by atoms with Gasteiger partial charge in [-0.3, -0.25) is 9.59 Å². The van der Waals surface area contributed by atoms with Crippen molar-refractivity contribution in [3.8, 4) is 11.5 Å². The molecule has 3 aromatic rings. The number of rotatable bonds is 6. The minimum atomic E-state index is -4.54. The number of nitrogens with one attached hydrogen (secondary N) is 1. The van der Waals surface area contributed by atoms with Crippen LogP contribution in [0.25, 0.3) is 10.8 Å². The van der Waals surface area contributed by atoms with Crippen LogP contribution in [0.15, 0.2) is 47.4 Å². The van der Waals surface area contributed by atoms with Gasteiger partial charge in [-0.15, -0.1) is 0 Å². The Bertz CT molecular complexity index is 1220. The van der Waals surface area contributed by atoms with Crippen LogP contribution in [0.3, 0.4) is 0 Å². The highest BCUT2D eigenvalue weighted by Crippen LogP contribution is 2.33. The SMILES string of the molecule is COc1cc2c(C(=O)Nc3cccc(C(F)(F)F)c3)cn(CC(C)C)c(=O)c2cc1OC. The van der Waals surface area contributed by atoms with E-state index in [0.717, 1.165) is 12.1 Å². The number of aromatic nitrogens is 1. The predicted molar refractivity (Wildman–Crippen MR) is 116 cm³/mol. The normalized spacial score (nSPS) is 11.6. The summed E-state index contributed by atoms with van der Waals surface area (Å²) in [5, 5.41) is 3.04. The maximum atomic E-state index is 13.1. The van der Waals surface area contributed by atoms with Crippen molar-refractivity contribution in [1.29, 1.82) is 0 Å². The van der Waals surface area contributed by atoms with Crippen molar-refractivity contribution >= 4 is 22.4 Å². The zero-order valence-corrected chi connectivity index (χ0v) is 18.0. The molecule has 6 nitrogen and oxygen atoms in total. The minimum absolute atomic E-state index is 0.0138. The standard InChI is InChI=1S/C23H23F3N2O4/c1-13(2)11-28-12-18(16-9-19(31-3)20(32-4)10-17(16)22(28)30)21(29)27-15-7-5-6-14(8-15)23(24,25)26/h5-10,12-13H,11H2,1-4H3,(H,27,29). The lowest BCUT2D eigenvalue weighted by Crippen LogP contribution is -2.25. The van der Waals surface area contributed by atoms with Gasteiger partial charge in [0.15, 0.2) is 11.5 Å². The third-order valence-electron chi connectivity index (χ3n) is 4.84. The summed E-state index contributed by atoms with van der Waals surface area (Å²) in [7, 11) is 2.85. The van der Waals surface area contributed by atoms with Crippen LogP contribution in [0.1, 0.15) is 29.8 Å². The van der Waals surface area contributed by atoms with E-state index in [2.05, 4.69) is 5.32 Å². The Balaban J connectivity index is 2.16. The molecule has 1 N–H and O–H groups in total. The molecule has 0 bridgehead atoms. The molecule has 9 heteroatoms. The molecule has 0 aliphatic rings. The second-order valence-electron chi connectivity index (χ2n) is 7.68. The summed E-state index contributed by atoms with van der Waals surface area (Å²) in [6.07, 6.45) is -3.12. The van der Waals surface area contributed by atoms with Crippen LogP contribution < -0.4 is 20.3 Å². The van der Waals surface area contributed by atoms with Crippen LogP contribution in [-0.2, 0) is 12.7 Å². The van der Waals surface area contributed by atoms with Crippen molar-refractivity contribution in [2.24, 2.45) is 5.92 Å². The van der Waals surface area contributed by atoms with Crippen LogP contribution in [0.2, 0.25) is 0 Å². The van der Waals surface area contributed by atoms with Gasteiger partial charge in [0, 0.05) is 23.8 Å². The Hall–Kier alpha value is -3.49. The molecule has 2 aromatic carbocycles. The molecule has 3 rings (SSSR count). The quantitative estimate of drug-likeness (QED) is 0.580. The topological polar surface area (TPSA) is 69.6 Å². The van der Waals surface area contributed by atoms with Crippen LogP contribution in [0.5, 0.6) is 11.5 Å². The first-order valence-corrected chi connectivity index (χ1v) is 9.83. The van der Waals surface area contributed by atoms with E-state index in [-0.39, 0.29) is 28.1 Å². The Kier molecular flexibility index (Phi) is 6.47. The number of ether oxygens (including phenoxy) is 2. The van der Waals surface area contributed by atoms with E-state index in [1.807, 2.05) is 13.8 Å². The molecule has 0 unspecified atom stereocenters. The summed E-state index contributed by atoms with van der Waals surface area (Å²) >= 11 is 0. The molecule has 0 saturated heterocycles. The van der Waals surface area contributed by atoms with E-state index in [0.29, 0.717) is 23.4 Å². The number of benzene rings is 2. The van der Waals surface area contributed by atoms with Gasteiger partial charge >= 0.3 is 6.18 Å². The largest absolute Gasteiger partial charge is 0.493 e. The number of amides is 1. The summed E-state index contributed by atoms with van der Waals surface area (Å²) in [4.78, 5) is 26.1. The molecule has 32 heavy (non-hydrogen) atoms. The number of pyridine rings is 1. The van der Waals surface area contributed by atoms with E-state index in [1.54, 1.807) is 0 Å². The number of hydrogen-bond donors (Lipinski definition) is 1. The van der Waals surface area contributed by atoms with Crippen molar-refractivity contribution in [3.05, 3.63) is 64.1 Å². The average molecular weight is 448 g/mol. The Morgan fingerprint density at radius 3 is 2.25 bits per heavy atom. The fourth-order valence-electron chi connectivity index (χ4n) is 3.40. The lowest BCUT2D eigenvalue weighted by Gasteiger charge is -2.16. The molecule has 1 aromatic heterocycles. The monoisotopic (exact) mass is 448 g/mol. The lowest BCUT2D eigenvalue weighted by atomic mass is 10.0. The maximum absolute atomic E-state index is 13.1. The number of carbonyl (C=O) groups is 1. The van der Waals surface area contributed by atoms with Crippen LogP contribution in [0, 0.1) is 5.92 Å². The molecule has 0 radical (unpaired) electrons. The van der Waals surface area contributed by atoms with Crippen LogP contribution in [-0.4, -0.2) is 24.7 Å². The van der Waals surface area contributed by atoms with Crippen molar-refractivity contribution in [2.45, 2.75) is 26.6 Å². The van der Waals surface area contributed by atoms with Gasteiger partial charge in [0.25, 0.3) is 11.5 Å². The molecular formula is C23H23F3N2O4. The third-order valence-corrected chi connectivity index (χ3v) is 4.84. The second kappa shape index (κ2) is 8.94. The zero-order valence-electron chi connectivity index (χ0n) is 18.0. The minimum Gasteiger partial charge on any atom is -0.493 e. The molecule has 0 saturated carbocycles. The zero-order chi connectivity index (χ0) is 23.6. The van der Waals surface area contributed by atoms with Crippen molar-refractivity contribution in [3.63, 3.8) is 0 Å². The number of nitrogens with zero attached hydrogens (tertiary/aromatic N) is 1. The molecule has 0 fully saturated rings. The smallest absolute Gasteiger partial charge is 0.416 e. The number of carbonyl (C=O) groups excluding carboxylic acids is 1. The number of fused-ring (bicyclic) bond motifs is 1. The fraction of sp³-hybridized carbons (Fsp3) is 0.304. The Morgan fingerprint density at radius 1 is 1.06 bits per heavy atom. The highest BCUT2D eigenvalue weighted by molar-refractivity contribution is 6.13. The molecule has 0 aliphatic heterocycles. The van der Waals surface area contributed by atoms with Gasteiger partial charge in [-0.05, 0) is 36.2 Å². The van der Waals surface area contributed by atoms with E-state index < -0.39 is 17.6 Å². The van der Waals surface area contributed by atoms with Gasteiger partial charge in [0.05, 0.1) is 30.7 Å². The number of hydrogen-bond acceptors (Lipinski definition) is 4. The van der Waals surface area contributed by atoms with Crippen molar-refractivity contribution in [1.82, 2.24) is 4.57 Å². The van der Waals surface area contributed by atoms with E-state index in [9.17, 15) is 22.8 Å². The number of anilines is 1. The van der Waals surface area contributed by atoms with Crippen LogP contribution in [0.4, 0.5) is 18.9 Å². The Labute approximate surface area is 182 Å². The van der Waals surface area contributed by atoms with Gasteiger partial charge in [-0.1, -0.05) is 19.9 Å². The lowest BCUT2D eigenvalue weighted by molar-refractivity contribution is -0.137. The van der Waals surface area contributed by atoms with E-state index in [4.69, 9.17) is 9.47 Å². The molecule has 1 amide bonds. The Morgan fingerprint density at radius 2 is 1.69 bits per heavy atom. The average Bonchev–Trinajstić information content (AvgIpc) is 2.74. The molecular weight excluding hydrogens is 425 g/mol. The fourth-order valence-corrected chi connectivity index (χ4v) is 3.40. The molecule has 0 atom stereocenters. The summed E-state index contributed by atoms with van der Waals surface area (Å²) < 4.78 is 51.1. The first-order chi connectivity index (χ1) is 15.0. The summed E-state index contributed by atoms with van der Waals surface area (Å²) in [5.41, 5.74) is -1.08. The molecule has 1 heterocycles. The number of halogens is 3. The second-order valence-corrected chi connectivity index (χ2v) is 7.68. The maximum Gasteiger partial charge on any atom is 0.416 e. The van der Waals surface area contributed by atoms with Crippen LogP contribution >= 0.6 is 0 Å². The highest BCUT2D eigenvalue weighted by atomic mass is 19.4. The van der Waals surface area contributed by atoms with E-state index in [1.165, 1.54) is 49.2 Å². The van der Waals surface area contributed by atoms with E-state index >= 15 is 0 Å². The van der Waals surface area contributed by atoms with Crippen molar-refractivity contribution < 1.29 is 27.4 Å². The van der Waals surface area contributed by atoms with Gasteiger partial charge in [0.2, 0.25) is 0 Å². The first-order valence-electron chi connectivity index (χ1n) is 9.83. The third kappa shape index (κ3) is 4.71. The highest BCUT2D eigenvalue weighted by Gasteiger charge is 2.30. The molecule has 0 aliphatic carbocycles. The van der Waals surface area contributed by atoms with Gasteiger partial charge < -0.3 is 19.4 Å². The predicted octanol–water partition coefficient (Wildman–Crippen LogP) is 4.95. The number of alkyl halides is 3. The van der Waals surface area contributed by atoms with Gasteiger partial charge in [-0.25, -0.2) is 0 Å². The van der Waals surface area contributed by atoms with Crippen molar-refractivity contribution in [2.75, 3.05) is 19.5 Å². The summed E-state index contributed by atoms with van der Waals surface area (Å²) in [6, 6.07) is 7.36. The summed E-state index contributed by atoms with van der Waals surface area (Å²) in [6.45, 7) is 4.20. The summed E-state index contributed by atoms with van der Waals surface area (Å²) in [5.74, 6) is 0.0986. The first kappa shape index (κ1) is 23.2. The van der Waals surface area contributed by atoms with Gasteiger partial charge in [-0.2, -0.15) is 13.2 Å². The number of methoxy groups -OCH3 is 2.